The van der Waals surface area contributed by atoms with E-state index in [1.54, 1.807) is 30.3 Å². The third-order valence-corrected chi connectivity index (χ3v) is 2.41. The molecule has 0 radical (unpaired) electrons. The molecule has 0 heterocycles. The van der Waals surface area contributed by atoms with Crippen molar-refractivity contribution in [3.63, 3.8) is 0 Å². The van der Waals surface area contributed by atoms with Gasteiger partial charge in [0.05, 0.1) is 0 Å². The van der Waals surface area contributed by atoms with Gasteiger partial charge in [0.1, 0.15) is 0 Å². The van der Waals surface area contributed by atoms with Crippen LogP contribution in [0.2, 0.25) is 0 Å². The standard InChI is InChI=1S/C8H8F3N.C7H9N/c9-8(10,11)12-6-7-4-2-1-3-5-7;8-6-7-4-2-1-3-5-7/h1-5,12H,6H2;1-5H,6,8H2. The van der Waals surface area contributed by atoms with E-state index in [0.29, 0.717) is 12.1 Å². The van der Waals surface area contributed by atoms with E-state index in [1.807, 2.05) is 30.3 Å². The first-order valence-corrected chi connectivity index (χ1v) is 6.11. The first kappa shape index (κ1) is 16.2. The van der Waals surface area contributed by atoms with Crippen molar-refractivity contribution < 1.29 is 13.2 Å². The van der Waals surface area contributed by atoms with Crippen LogP contribution in [0.25, 0.3) is 0 Å². The Bertz CT molecular complexity index is 469. The van der Waals surface area contributed by atoms with Gasteiger partial charge in [0.15, 0.2) is 0 Å². The van der Waals surface area contributed by atoms with Gasteiger partial charge in [-0.1, -0.05) is 60.7 Å². The summed E-state index contributed by atoms with van der Waals surface area (Å²) in [6.07, 6.45) is -4.30. The molecule has 0 aromatic heterocycles. The molecule has 0 atom stereocenters. The molecule has 0 amide bonds. The number of benzene rings is 2. The highest BCUT2D eigenvalue weighted by atomic mass is 19.4. The van der Waals surface area contributed by atoms with Crippen LogP contribution in [0.5, 0.6) is 0 Å². The Morgan fingerprint density at radius 3 is 1.60 bits per heavy atom. The number of nitrogens with one attached hydrogen (secondary N) is 1. The Balaban J connectivity index is 0.000000217. The van der Waals surface area contributed by atoms with E-state index in [1.165, 1.54) is 10.9 Å². The van der Waals surface area contributed by atoms with E-state index in [2.05, 4.69) is 0 Å². The molecule has 0 saturated carbocycles. The van der Waals surface area contributed by atoms with Gasteiger partial charge >= 0.3 is 6.30 Å². The van der Waals surface area contributed by atoms with Gasteiger partial charge in [0, 0.05) is 13.1 Å². The van der Waals surface area contributed by atoms with Crippen molar-refractivity contribution in [1.29, 1.82) is 0 Å². The smallest absolute Gasteiger partial charge is 0.326 e. The zero-order valence-corrected chi connectivity index (χ0v) is 10.9. The van der Waals surface area contributed by atoms with Crippen molar-refractivity contribution in [3.8, 4) is 0 Å². The predicted molar refractivity (Wildman–Crippen MR) is 73.7 cm³/mol. The summed E-state index contributed by atoms with van der Waals surface area (Å²) in [6.45, 7) is 0.463. The van der Waals surface area contributed by atoms with Crippen molar-refractivity contribution >= 4 is 0 Å². The number of hydrogen-bond donors (Lipinski definition) is 2. The second-order valence-electron chi connectivity index (χ2n) is 4.03. The molecule has 2 rings (SSSR count). The van der Waals surface area contributed by atoms with Crippen molar-refractivity contribution in [2.24, 2.45) is 5.73 Å². The van der Waals surface area contributed by atoms with Crippen molar-refractivity contribution in [2.75, 3.05) is 0 Å². The zero-order valence-electron chi connectivity index (χ0n) is 10.9. The van der Waals surface area contributed by atoms with Gasteiger partial charge in [-0.25, -0.2) is 5.32 Å². The second-order valence-corrected chi connectivity index (χ2v) is 4.03. The lowest BCUT2D eigenvalue weighted by Crippen LogP contribution is -2.30. The van der Waals surface area contributed by atoms with Crippen LogP contribution in [0, 0.1) is 0 Å². The summed E-state index contributed by atoms with van der Waals surface area (Å²) in [5.74, 6) is 0. The van der Waals surface area contributed by atoms with Crippen molar-refractivity contribution in [1.82, 2.24) is 5.32 Å². The molecule has 20 heavy (non-hydrogen) atoms. The maximum absolute atomic E-state index is 11.6. The Hall–Kier alpha value is -1.85. The molecule has 0 aliphatic carbocycles. The number of rotatable bonds is 3. The summed E-state index contributed by atoms with van der Waals surface area (Å²) >= 11 is 0. The maximum Gasteiger partial charge on any atom is 0.457 e. The zero-order chi connectivity index (χ0) is 14.8. The Morgan fingerprint density at radius 2 is 1.25 bits per heavy atom. The summed E-state index contributed by atoms with van der Waals surface area (Å²) in [5.41, 5.74) is 7.16. The Labute approximate surface area is 116 Å². The van der Waals surface area contributed by atoms with Crippen LogP contribution >= 0.6 is 0 Å². The molecule has 0 bridgehead atoms. The largest absolute Gasteiger partial charge is 0.457 e. The predicted octanol–water partition coefficient (Wildman–Crippen LogP) is 3.44. The minimum Gasteiger partial charge on any atom is -0.326 e. The molecule has 0 fully saturated rings. The van der Waals surface area contributed by atoms with Gasteiger partial charge in [-0.3, -0.25) is 0 Å². The summed E-state index contributed by atoms with van der Waals surface area (Å²) in [4.78, 5) is 0. The number of alkyl halides is 3. The van der Waals surface area contributed by atoms with Crippen LogP contribution in [-0.4, -0.2) is 6.30 Å². The molecule has 108 valence electrons. The fourth-order valence-corrected chi connectivity index (χ4v) is 1.41. The van der Waals surface area contributed by atoms with Crippen LogP contribution in [-0.2, 0) is 13.1 Å². The third-order valence-electron chi connectivity index (χ3n) is 2.41. The van der Waals surface area contributed by atoms with Gasteiger partial charge in [-0.2, -0.15) is 13.2 Å². The van der Waals surface area contributed by atoms with E-state index in [0.717, 1.165) is 0 Å². The van der Waals surface area contributed by atoms with E-state index >= 15 is 0 Å². The van der Waals surface area contributed by atoms with Gasteiger partial charge in [0.2, 0.25) is 0 Å². The molecule has 0 saturated heterocycles. The van der Waals surface area contributed by atoms with Crippen molar-refractivity contribution in [3.05, 3.63) is 71.8 Å². The maximum atomic E-state index is 11.6. The SMILES string of the molecule is FC(F)(F)NCc1ccccc1.NCc1ccccc1. The quantitative estimate of drug-likeness (QED) is 0.846. The van der Waals surface area contributed by atoms with Crippen LogP contribution in [0.3, 0.4) is 0 Å². The normalized spacial score (nSPS) is 10.6. The monoisotopic (exact) mass is 282 g/mol. The van der Waals surface area contributed by atoms with E-state index < -0.39 is 6.30 Å². The Morgan fingerprint density at radius 1 is 0.800 bits per heavy atom. The highest BCUT2D eigenvalue weighted by molar-refractivity contribution is 5.14. The van der Waals surface area contributed by atoms with Gasteiger partial charge in [0.25, 0.3) is 0 Å². The van der Waals surface area contributed by atoms with Gasteiger partial charge in [-0.15, -0.1) is 0 Å². The summed E-state index contributed by atoms with van der Waals surface area (Å²) < 4.78 is 34.9. The Kier molecular flexibility index (Phi) is 6.76. The van der Waals surface area contributed by atoms with E-state index in [9.17, 15) is 13.2 Å². The van der Waals surface area contributed by atoms with Crippen LogP contribution in [0.4, 0.5) is 13.2 Å². The fraction of sp³-hybridized carbons (Fsp3) is 0.200. The fourth-order valence-electron chi connectivity index (χ4n) is 1.41. The summed E-state index contributed by atoms with van der Waals surface area (Å²) in [5, 5.41) is 1.44. The molecule has 3 N–H and O–H groups in total. The number of hydrogen-bond acceptors (Lipinski definition) is 2. The van der Waals surface area contributed by atoms with Crippen LogP contribution in [0.1, 0.15) is 11.1 Å². The summed E-state index contributed by atoms with van der Waals surface area (Å²) in [7, 11) is 0. The van der Waals surface area contributed by atoms with Crippen LogP contribution in [0.15, 0.2) is 60.7 Å². The minimum atomic E-state index is -4.30. The topological polar surface area (TPSA) is 38.0 Å². The molecule has 2 aromatic rings. The number of halogens is 3. The average molecular weight is 282 g/mol. The molecule has 0 aliphatic rings. The first-order chi connectivity index (χ1) is 9.51. The van der Waals surface area contributed by atoms with Gasteiger partial charge < -0.3 is 5.73 Å². The van der Waals surface area contributed by atoms with Gasteiger partial charge in [-0.05, 0) is 11.1 Å². The minimum absolute atomic E-state index is 0.176. The van der Waals surface area contributed by atoms with E-state index in [4.69, 9.17) is 5.73 Å². The molecular weight excluding hydrogens is 265 g/mol. The molecule has 0 aliphatic heterocycles. The second kappa shape index (κ2) is 8.35. The molecular formula is C15H17F3N2. The highest BCUT2D eigenvalue weighted by Crippen LogP contribution is 2.10. The molecule has 0 unspecified atom stereocenters. The lowest BCUT2D eigenvalue weighted by molar-refractivity contribution is -0.158. The molecule has 2 nitrogen and oxygen atoms in total. The first-order valence-electron chi connectivity index (χ1n) is 6.11. The third kappa shape index (κ3) is 7.56. The average Bonchev–Trinajstić information content (AvgIpc) is 2.47. The van der Waals surface area contributed by atoms with Crippen LogP contribution < -0.4 is 11.1 Å². The molecule has 2 aromatic carbocycles. The highest BCUT2D eigenvalue weighted by Gasteiger charge is 2.25. The lowest BCUT2D eigenvalue weighted by Gasteiger charge is -2.07. The summed E-state index contributed by atoms with van der Waals surface area (Å²) in [6, 6.07) is 18.4. The van der Waals surface area contributed by atoms with E-state index in [-0.39, 0.29) is 6.54 Å². The molecule has 0 spiro atoms. The number of nitrogens with two attached hydrogens (primary N) is 1. The molecule has 5 heteroatoms. The van der Waals surface area contributed by atoms with Crippen molar-refractivity contribution in [2.45, 2.75) is 19.4 Å². The lowest BCUT2D eigenvalue weighted by atomic mass is 10.2.